The molecule has 28 heavy (non-hydrogen) atoms. The molecule has 0 aliphatic heterocycles. The molecule has 0 saturated heterocycles. The van der Waals surface area contributed by atoms with Crippen molar-refractivity contribution >= 4 is 12.1 Å². The summed E-state index contributed by atoms with van der Waals surface area (Å²) in [5, 5.41) is 11.8. The third-order valence-electron chi connectivity index (χ3n) is 4.84. The van der Waals surface area contributed by atoms with E-state index in [1.165, 1.54) is 6.20 Å². The van der Waals surface area contributed by atoms with Crippen molar-refractivity contribution < 1.29 is 19.4 Å². The molecule has 0 spiro atoms. The molecule has 2 aromatic carbocycles. The molecule has 1 aromatic heterocycles. The lowest BCUT2D eigenvalue weighted by Gasteiger charge is -2.17. The third kappa shape index (κ3) is 3.32. The van der Waals surface area contributed by atoms with Gasteiger partial charge < -0.3 is 15.2 Å². The van der Waals surface area contributed by atoms with E-state index in [1.807, 2.05) is 36.4 Å². The van der Waals surface area contributed by atoms with Crippen LogP contribution in [0.3, 0.4) is 0 Å². The monoisotopic (exact) mass is 374 g/mol. The summed E-state index contributed by atoms with van der Waals surface area (Å²) in [7, 11) is 0. The van der Waals surface area contributed by atoms with Gasteiger partial charge in [0.1, 0.15) is 6.61 Å². The van der Waals surface area contributed by atoms with Crippen LogP contribution in [-0.2, 0) is 9.53 Å². The van der Waals surface area contributed by atoms with E-state index >= 15 is 0 Å². The summed E-state index contributed by atoms with van der Waals surface area (Å²) < 4.78 is 5.40. The van der Waals surface area contributed by atoms with Gasteiger partial charge in [-0.2, -0.15) is 0 Å². The molecule has 0 fully saturated rings. The molecule has 1 aliphatic carbocycles. The zero-order chi connectivity index (χ0) is 19.5. The van der Waals surface area contributed by atoms with E-state index in [1.54, 1.807) is 18.2 Å². The van der Waals surface area contributed by atoms with E-state index in [0.29, 0.717) is 0 Å². The lowest BCUT2D eigenvalue weighted by Crippen LogP contribution is -2.35. The summed E-state index contributed by atoms with van der Waals surface area (Å²) in [5.41, 5.74) is 4.68. The summed E-state index contributed by atoms with van der Waals surface area (Å²) in [6.45, 7) is 0.119. The molecular weight excluding hydrogens is 356 g/mol. The summed E-state index contributed by atoms with van der Waals surface area (Å²) in [4.78, 5) is 27.8. The lowest BCUT2D eigenvalue weighted by molar-refractivity contribution is -0.139. The van der Waals surface area contributed by atoms with E-state index in [4.69, 9.17) is 4.74 Å². The Labute approximate surface area is 161 Å². The number of ether oxygens (including phenoxy) is 1. The van der Waals surface area contributed by atoms with Gasteiger partial charge in [-0.15, -0.1) is 0 Å². The quantitative estimate of drug-likeness (QED) is 0.710. The van der Waals surface area contributed by atoms with Crippen LogP contribution < -0.4 is 5.32 Å². The number of nitrogens with zero attached hydrogens (tertiary/aromatic N) is 1. The average molecular weight is 374 g/mol. The first-order valence-electron chi connectivity index (χ1n) is 8.90. The Balaban J connectivity index is 1.49. The maximum atomic E-state index is 12.3. The molecule has 0 bridgehead atoms. The van der Waals surface area contributed by atoms with Crippen LogP contribution in [0.2, 0.25) is 0 Å². The van der Waals surface area contributed by atoms with E-state index < -0.39 is 18.1 Å². The molecule has 0 radical (unpaired) electrons. The number of aliphatic carboxylic acids is 1. The van der Waals surface area contributed by atoms with Crippen LogP contribution in [-0.4, -0.2) is 28.8 Å². The summed E-state index contributed by atoms with van der Waals surface area (Å²) in [6, 6.07) is 19.6. The number of hydrogen-bond acceptors (Lipinski definition) is 4. The first kappa shape index (κ1) is 17.7. The first-order valence-corrected chi connectivity index (χ1v) is 8.90. The summed E-state index contributed by atoms with van der Waals surface area (Å²) >= 11 is 0. The Morgan fingerprint density at radius 1 is 0.964 bits per heavy atom. The molecule has 3 aromatic rings. The van der Waals surface area contributed by atoms with E-state index in [-0.39, 0.29) is 18.2 Å². The predicted molar refractivity (Wildman–Crippen MR) is 103 cm³/mol. The van der Waals surface area contributed by atoms with Gasteiger partial charge in [0.15, 0.2) is 6.04 Å². The highest BCUT2D eigenvalue weighted by atomic mass is 16.5. The number of aromatic nitrogens is 1. The number of carboxylic acid groups (broad SMARTS) is 1. The second kappa shape index (κ2) is 7.52. The number of nitrogens with one attached hydrogen (secondary N) is 1. The van der Waals surface area contributed by atoms with Crippen molar-refractivity contribution in [3.8, 4) is 11.1 Å². The number of amides is 1. The fourth-order valence-electron chi connectivity index (χ4n) is 3.57. The van der Waals surface area contributed by atoms with Crippen LogP contribution in [0.4, 0.5) is 4.79 Å². The third-order valence-corrected chi connectivity index (χ3v) is 4.84. The maximum Gasteiger partial charge on any atom is 0.408 e. The zero-order valence-electron chi connectivity index (χ0n) is 14.9. The first-order chi connectivity index (χ1) is 13.6. The number of alkyl carbamates (subject to hydrolysis) is 1. The highest BCUT2D eigenvalue weighted by Gasteiger charge is 2.30. The van der Waals surface area contributed by atoms with Crippen molar-refractivity contribution in [2.45, 2.75) is 12.0 Å². The summed E-state index contributed by atoms with van der Waals surface area (Å²) in [5.74, 6) is -1.29. The van der Waals surface area contributed by atoms with Crippen molar-refractivity contribution in [1.82, 2.24) is 10.3 Å². The predicted octanol–water partition coefficient (Wildman–Crippen LogP) is 3.75. The number of carboxylic acids is 1. The second-order valence-corrected chi connectivity index (χ2v) is 6.50. The molecule has 1 amide bonds. The van der Waals surface area contributed by atoms with E-state index in [9.17, 15) is 14.7 Å². The van der Waals surface area contributed by atoms with Crippen molar-refractivity contribution in [1.29, 1.82) is 0 Å². The van der Waals surface area contributed by atoms with Gasteiger partial charge in [0.25, 0.3) is 0 Å². The standard InChI is InChI=1S/C22H18N2O4/c25-21(26)20(19-11-5-6-12-23-19)24-22(27)28-13-18-16-9-3-1-7-14(16)15-8-2-4-10-17(15)18/h1-12,18,20H,13H2,(H,24,27)(H,25,26)/t20-/m0/s1. The topological polar surface area (TPSA) is 88.5 Å². The number of pyridine rings is 1. The van der Waals surface area contributed by atoms with Gasteiger partial charge in [-0.1, -0.05) is 54.6 Å². The number of rotatable bonds is 5. The molecule has 4 rings (SSSR count). The van der Waals surface area contributed by atoms with Crippen molar-refractivity contribution in [2.24, 2.45) is 0 Å². The van der Waals surface area contributed by atoms with Crippen LogP contribution in [0.1, 0.15) is 28.8 Å². The molecule has 0 saturated carbocycles. The Morgan fingerprint density at radius 2 is 1.57 bits per heavy atom. The van der Waals surface area contributed by atoms with Gasteiger partial charge in [0.05, 0.1) is 5.69 Å². The van der Waals surface area contributed by atoms with Crippen molar-refractivity contribution in [3.63, 3.8) is 0 Å². The summed E-state index contributed by atoms with van der Waals surface area (Å²) in [6.07, 6.45) is 0.685. The molecule has 6 nitrogen and oxygen atoms in total. The van der Waals surface area contributed by atoms with Crippen LogP contribution >= 0.6 is 0 Å². The highest BCUT2D eigenvalue weighted by molar-refractivity contribution is 5.81. The number of fused-ring (bicyclic) bond motifs is 3. The Morgan fingerprint density at radius 3 is 2.14 bits per heavy atom. The van der Waals surface area contributed by atoms with E-state index in [2.05, 4.69) is 22.4 Å². The lowest BCUT2D eigenvalue weighted by atomic mass is 9.98. The van der Waals surface area contributed by atoms with Crippen LogP contribution in [0.25, 0.3) is 11.1 Å². The fourth-order valence-corrected chi connectivity index (χ4v) is 3.57. The Kier molecular flexibility index (Phi) is 4.76. The number of hydrogen-bond donors (Lipinski definition) is 2. The van der Waals surface area contributed by atoms with Gasteiger partial charge in [-0.25, -0.2) is 9.59 Å². The van der Waals surface area contributed by atoms with Gasteiger partial charge in [-0.3, -0.25) is 4.98 Å². The molecule has 1 aliphatic rings. The molecule has 0 unspecified atom stereocenters. The molecule has 140 valence electrons. The largest absolute Gasteiger partial charge is 0.479 e. The smallest absolute Gasteiger partial charge is 0.408 e. The number of benzene rings is 2. The number of carbonyl (C=O) groups is 2. The van der Waals surface area contributed by atoms with Gasteiger partial charge in [-0.05, 0) is 34.4 Å². The minimum absolute atomic E-state index is 0.0868. The Bertz CT molecular complexity index is 974. The maximum absolute atomic E-state index is 12.3. The van der Waals surface area contributed by atoms with Crippen LogP contribution in [0, 0.1) is 0 Å². The second-order valence-electron chi connectivity index (χ2n) is 6.50. The van der Waals surface area contributed by atoms with Gasteiger partial charge >= 0.3 is 12.1 Å². The molecule has 6 heteroatoms. The van der Waals surface area contributed by atoms with Gasteiger partial charge in [0, 0.05) is 12.1 Å². The molecule has 1 heterocycles. The van der Waals surface area contributed by atoms with Gasteiger partial charge in [0.2, 0.25) is 0 Å². The van der Waals surface area contributed by atoms with Crippen molar-refractivity contribution in [3.05, 3.63) is 89.7 Å². The minimum atomic E-state index is -1.27. The Hall–Kier alpha value is -3.67. The fraction of sp³-hybridized carbons (Fsp3) is 0.136. The van der Waals surface area contributed by atoms with Crippen LogP contribution in [0.15, 0.2) is 72.9 Å². The molecule has 1 atom stereocenters. The van der Waals surface area contributed by atoms with Crippen LogP contribution in [0.5, 0.6) is 0 Å². The van der Waals surface area contributed by atoms with Crippen molar-refractivity contribution in [2.75, 3.05) is 6.61 Å². The van der Waals surface area contributed by atoms with E-state index in [0.717, 1.165) is 22.3 Å². The molecular formula is C22H18N2O4. The number of carbonyl (C=O) groups excluding carboxylic acids is 1. The zero-order valence-corrected chi connectivity index (χ0v) is 14.9. The minimum Gasteiger partial charge on any atom is -0.479 e. The average Bonchev–Trinajstić information content (AvgIpc) is 3.05. The molecule has 2 N–H and O–H groups in total. The SMILES string of the molecule is O=C(N[C@H](C(=O)O)c1ccccn1)OCC1c2ccccc2-c2ccccc21. The highest BCUT2D eigenvalue weighted by Crippen LogP contribution is 2.44. The normalized spacial score (nSPS) is 13.3.